The van der Waals surface area contributed by atoms with Crippen LogP contribution >= 0.6 is 0 Å². The van der Waals surface area contributed by atoms with E-state index in [1.807, 2.05) is 0 Å². The number of ketones is 2. The van der Waals surface area contributed by atoms with Crippen molar-refractivity contribution in [2.24, 2.45) is 28.6 Å². The summed E-state index contributed by atoms with van der Waals surface area (Å²) in [6.07, 6.45) is 3.98. The summed E-state index contributed by atoms with van der Waals surface area (Å²) in [5.74, 6) is -3.60. The fourth-order valence-corrected chi connectivity index (χ4v) is 7.48. The number of carbonyl (C=O) groups excluding carboxylic acids is 3. The second-order valence-corrected chi connectivity index (χ2v) is 11.6. The Morgan fingerprint density at radius 2 is 1.92 bits per heavy atom. The molecule has 0 aromatic rings. The molecule has 10 heteroatoms. The molecule has 0 unspecified atom stereocenters. The van der Waals surface area contributed by atoms with Gasteiger partial charge in [-0.3, -0.25) is 14.4 Å². The number of esters is 1. The molecule has 0 bridgehead atoms. The van der Waals surface area contributed by atoms with E-state index in [0.717, 1.165) is 0 Å². The first-order chi connectivity index (χ1) is 18.3. The molecule has 216 valence electrons. The minimum atomic E-state index is -2.29. The Hall–Kier alpha value is -2.24. The molecule has 2 N–H and O–H groups in total. The molecule has 4 aliphatic rings. The first-order valence-electron chi connectivity index (χ1n) is 13.5. The number of aliphatic hydroxyl groups excluding tert-OH is 1. The number of allylic oxidation sites excluding steroid dienone is 5. The highest BCUT2D eigenvalue weighted by molar-refractivity contribution is 6.02. The lowest BCUT2D eigenvalue weighted by Gasteiger charge is -2.61. The molecule has 4 aliphatic carbocycles. The molecule has 9 nitrogen and oxygen atoms in total. The standard InChI is InChI=1S/C29H39FO9/c1-6-25(34)39-22-13-20-19-11-17(2)29(35,24(33)15-38-16-37-10-9-36-5)27(19,4)14-23(32)28(20,30)26(3)8-7-18(31)12-21(22)26/h7-8,12-13,17,19-20,23,32,35H,6,9-11,14-16H2,1-5H3/t17-,19-,20-,23-,26-,27-,28-,29-/m0/s1. The van der Waals surface area contributed by atoms with Crippen LogP contribution in [-0.2, 0) is 33.3 Å². The summed E-state index contributed by atoms with van der Waals surface area (Å²) in [6, 6.07) is 0. The second kappa shape index (κ2) is 10.6. The minimum Gasteiger partial charge on any atom is -0.427 e. The Labute approximate surface area is 228 Å². The summed E-state index contributed by atoms with van der Waals surface area (Å²) in [4.78, 5) is 38.1. The molecule has 0 aromatic heterocycles. The van der Waals surface area contributed by atoms with Crippen molar-refractivity contribution in [2.75, 3.05) is 33.7 Å². The smallest absolute Gasteiger partial charge is 0.310 e. The van der Waals surface area contributed by atoms with E-state index in [2.05, 4.69) is 0 Å². The normalized spacial score (nSPS) is 40.8. The van der Waals surface area contributed by atoms with Crippen LogP contribution in [-0.4, -0.2) is 78.8 Å². The van der Waals surface area contributed by atoms with Crippen molar-refractivity contribution >= 4 is 17.5 Å². The highest BCUT2D eigenvalue weighted by atomic mass is 19.1. The van der Waals surface area contributed by atoms with Gasteiger partial charge in [-0.15, -0.1) is 0 Å². The van der Waals surface area contributed by atoms with Gasteiger partial charge >= 0.3 is 5.97 Å². The Morgan fingerprint density at radius 1 is 1.21 bits per heavy atom. The van der Waals surface area contributed by atoms with Crippen LogP contribution in [0.4, 0.5) is 4.39 Å². The van der Waals surface area contributed by atoms with Crippen LogP contribution in [0, 0.1) is 28.6 Å². The topological polar surface area (TPSA) is 129 Å². The van der Waals surface area contributed by atoms with Crippen LogP contribution < -0.4 is 0 Å². The van der Waals surface area contributed by atoms with E-state index in [-0.39, 0.29) is 49.8 Å². The zero-order chi connectivity index (χ0) is 28.8. The van der Waals surface area contributed by atoms with Gasteiger partial charge < -0.3 is 29.2 Å². The van der Waals surface area contributed by atoms with Gasteiger partial charge in [0.25, 0.3) is 0 Å². The monoisotopic (exact) mass is 550 g/mol. The molecule has 0 amide bonds. The number of Topliss-reactive ketones (excluding diaryl/α,β-unsaturated/α-hetero) is 1. The highest BCUT2D eigenvalue weighted by Gasteiger charge is 2.75. The van der Waals surface area contributed by atoms with Gasteiger partial charge in [0.15, 0.2) is 17.2 Å². The van der Waals surface area contributed by atoms with E-state index in [1.54, 1.807) is 27.7 Å². The molecule has 0 spiro atoms. The van der Waals surface area contributed by atoms with Crippen molar-refractivity contribution in [3.05, 3.63) is 35.6 Å². The van der Waals surface area contributed by atoms with E-state index in [1.165, 1.54) is 31.4 Å². The Balaban J connectivity index is 1.72. The fraction of sp³-hybridized carbons (Fsp3) is 0.690. The molecular formula is C29H39FO9. The highest BCUT2D eigenvalue weighted by Crippen LogP contribution is 2.70. The average molecular weight is 551 g/mol. The maximum atomic E-state index is 17.5. The van der Waals surface area contributed by atoms with Crippen molar-refractivity contribution in [1.82, 2.24) is 0 Å². The Morgan fingerprint density at radius 3 is 2.59 bits per heavy atom. The predicted octanol–water partition coefficient (Wildman–Crippen LogP) is 2.60. The molecule has 0 saturated heterocycles. The number of hydrogen-bond acceptors (Lipinski definition) is 9. The molecule has 4 rings (SSSR count). The van der Waals surface area contributed by atoms with E-state index >= 15 is 4.39 Å². The number of ether oxygens (including phenoxy) is 4. The number of fused-ring (bicyclic) bond motifs is 5. The van der Waals surface area contributed by atoms with Crippen LogP contribution in [0.15, 0.2) is 35.6 Å². The number of hydrogen-bond donors (Lipinski definition) is 2. The third kappa shape index (κ3) is 4.35. The van der Waals surface area contributed by atoms with Gasteiger partial charge in [0.1, 0.15) is 24.8 Å². The van der Waals surface area contributed by atoms with Gasteiger partial charge in [0, 0.05) is 30.4 Å². The van der Waals surface area contributed by atoms with Gasteiger partial charge in [-0.05, 0) is 49.8 Å². The van der Waals surface area contributed by atoms with Gasteiger partial charge in [-0.2, -0.15) is 0 Å². The summed E-state index contributed by atoms with van der Waals surface area (Å²) < 4.78 is 38.7. The minimum absolute atomic E-state index is 0.0702. The quantitative estimate of drug-likeness (QED) is 0.240. The fourth-order valence-electron chi connectivity index (χ4n) is 7.48. The van der Waals surface area contributed by atoms with Crippen LogP contribution in [0.1, 0.15) is 47.0 Å². The van der Waals surface area contributed by atoms with Gasteiger partial charge in [-0.1, -0.05) is 26.8 Å². The molecule has 0 heterocycles. The first kappa shape index (κ1) is 29.7. The third-order valence-corrected chi connectivity index (χ3v) is 9.62. The summed E-state index contributed by atoms with van der Waals surface area (Å²) >= 11 is 0. The average Bonchev–Trinajstić information content (AvgIpc) is 3.09. The molecule has 2 saturated carbocycles. The lowest BCUT2D eigenvalue weighted by atomic mass is 9.46. The maximum absolute atomic E-state index is 17.5. The van der Waals surface area contributed by atoms with Crippen molar-refractivity contribution in [3.8, 4) is 0 Å². The van der Waals surface area contributed by atoms with Crippen LogP contribution in [0.5, 0.6) is 0 Å². The van der Waals surface area contributed by atoms with Gasteiger partial charge in [0.2, 0.25) is 0 Å². The molecule has 0 radical (unpaired) electrons. The second-order valence-electron chi connectivity index (χ2n) is 11.6. The molecule has 0 aromatic carbocycles. The molecule has 0 aliphatic heterocycles. The Bertz CT molecular complexity index is 1110. The van der Waals surface area contributed by atoms with E-state index in [0.29, 0.717) is 6.61 Å². The van der Waals surface area contributed by atoms with E-state index in [4.69, 9.17) is 18.9 Å². The molecule has 39 heavy (non-hydrogen) atoms. The maximum Gasteiger partial charge on any atom is 0.310 e. The number of alkyl halides is 1. The first-order valence-corrected chi connectivity index (χ1v) is 13.5. The van der Waals surface area contributed by atoms with Crippen molar-refractivity contribution < 1.29 is 47.9 Å². The van der Waals surface area contributed by atoms with E-state index in [9.17, 15) is 24.6 Å². The predicted molar refractivity (Wildman–Crippen MR) is 137 cm³/mol. The largest absolute Gasteiger partial charge is 0.427 e. The summed E-state index contributed by atoms with van der Waals surface area (Å²) in [5.41, 5.74) is -6.71. The number of carbonyl (C=O) groups is 3. The van der Waals surface area contributed by atoms with Crippen LogP contribution in [0.2, 0.25) is 0 Å². The number of aliphatic hydroxyl groups is 2. The summed E-state index contributed by atoms with van der Waals surface area (Å²) in [6.45, 7) is 6.72. The zero-order valence-electron chi connectivity index (χ0n) is 23.2. The van der Waals surface area contributed by atoms with Crippen molar-refractivity contribution in [1.29, 1.82) is 0 Å². The Kier molecular flexibility index (Phi) is 8.10. The third-order valence-electron chi connectivity index (χ3n) is 9.62. The van der Waals surface area contributed by atoms with E-state index < -0.39 is 64.3 Å². The van der Waals surface area contributed by atoms with Crippen LogP contribution in [0.3, 0.4) is 0 Å². The van der Waals surface area contributed by atoms with Crippen molar-refractivity contribution in [3.63, 3.8) is 0 Å². The number of methoxy groups -OCH3 is 1. The zero-order valence-corrected chi connectivity index (χ0v) is 23.2. The van der Waals surface area contributed by atoms with Gasteiger partial charge in [-0.25, -0.2) is 4.39 Å². The number of rotatable bonds is 10. The molecule has 2 fully saturated rings. The van der Waals surface area contributed by atoms with Crippen molar-refractivity contribution in [2.45, 2.75) is 64.3 Å². The number of halogens is 1. The molecular weight excluding hydrogens is 511 g/mol. The summed E-state index contributed by atoms with van der Waals surface area (Å²) in [7, 11) is 1.53. The summed E-state index contributed by atoms with van der Waals surface area (Å²) in [5, 5.41) is 23.5. The lowest BCUT2D eigenvalue weighted by molar-refractivity contribution is -0.208. The van der Waals surface area contributed by atoms with Crippen LogP contribution in [0.25, 0.3) is 0 Å². The SMILES string of the molecule is CCC(=O)OC1=C[C@H]2[C@@H]3C[C@H](C)[C@](O)(C(=O)COCOCCOC)[C@@]3(C)C[C@H](O)[C@]2(F)[C@@]2(C)C=CC(=O)C=C12. The van der Waals surface area contributed by atoms with Gasteiger partial charge in [0.05, 0.1) is 24.7 Å². The lowest BCUT2D eigenvalue weighted by Crippen LogP contribution is -2.69. The molecule has 8 atom stereocenters.